The van der Waals surface area contributed by atoms with Gasteiger partial charge in [-0.25, -0.2) is 15.6 Å². The molecule has 4 rings (SSSR count). The van der Waals surface area contributed by atoms with Gasteiger partial charge in [0.2, 0.25) is 0 Å². The Balaban J connectivity index is 1.41. The number of hydrogen-bond donors (Lipinski definition) is 4. The summed E-state index contributed by atoms with van der Waals surface area (Å²) in [5, 5.41) is 3.31. The van der Waals surface area contributed by atoms with Gasteiger partial charge in [0.05, 0.1) is 12.2 Å². The van der Waals surface area contributed by atoms with Crippen LogP contribution in [0.25, 0.3) is 0 Å². The fourth-order valence-electron chi connectivity index (χ4n) is 4.54. The van der Waals surface area contributed by atoms with Gasteiger partial charge in [0.1, 0.15) is 0 Å². The van der Waals surface area contributed by atoms with Crippen molar-refractivity contribution in [2.24, 2.45) is 0 Å². The highest BCUT2D eigenvalue weighted by atomic mass is 16.2. The fourth-order valence-corrected chi connectivity index (χ4v) is 4.54. The van der Waals surface area contributed by atoms with Crippen molar-refractivity contribution in [1.82, 2.24) is 31.6 Å². The zero-order chi connectivity index (χ0) is 17.8. The number of carbonyl (C=O) groups is 1. The molecular formula is C19H30N6O. The topological polar surface area (TPSA) is 81.3 Å². The van der Waals surface area contributed by atoms with E-state index in [0.29, 0.717) is 24.7 Å². The number of nitrogens with zero attached hydrogens (tertiary/aromatic N) is 2. The van der Waals surface area contributed by atoms with Crippen LogP contribution in [0.2, 0.25) is 0 Å². The van der Waals surface area contributed by atoms with E-state index in [1.807, 2.05) is 23.1 Å². The number of nitrogens with one attached hydrogen (secondary N) is 4. The van der Waals surface area contributed by atoms with Crippen LogP contribution in [-0.4, -0.2) is 40.1 Å². The molecule has 2 aliphatic carbocycles. The molecule has 2 heterocycles. The molecule has 1 aromatic rings. The van der Waals surface area contributed by atoms with Crippen LogP contribution in [0.5, 0.6) is 0 Å². The third kappa shape index (κ3) is 4.16. The second-order valence-electron chi connectivity index (χ2n) is 7.83. The lowest BCUT2D eigenvalue weighted by molar-refractivity contribution is 0.143. The average Bonchev–Trinajstić information content (AvgIpc) is 3.15. The summed E-state index contributed by atoms with van der Waals surface area (Å²) >= 11 is 0. The van der Waals surface area contributed by atoms with Gasteiger partial charge in [-0.05, 0) is 44.2 Å². The third-order valence-electron chi connectivity index (χ3n) is 6.03. The van der Waals surface area contributed by atoms with Crippen LogP contribution in [-0.2, 0) is 6.54 Å². The van der Waals surface area contributed by atoms with Gasteiger partial charge in [0.25, 0.3) is 0 Å². The maximum Gasteiger partial charge on any atom is 0.318 e. The summed E-state index contributed by atoms with van der Waals surface area (Å²) < 4.78 is 0. The smallest absolute Gasteiger partial charge is 0.318 e. The standard InChI is InChI=1S/C19H30N6O/c26-19(21-14-9-10-17-18(12-14)23-24-22-17)25(16-7-2-1-3-8-16)13-15-6-4-5-11-20-15/h4-6,11,14,16-18,22-24H,1-3,7-10,12-13H2,(H,21,26). The first-order valence-electron chi connectivity index (χ1n) is 10.0. The molecule has 0 aromatic carbocycles. The SMILES string of the molecule is O=C(NC1CCC2NNNC2C1)N(Cc1ccccn1)C1CCCCC1. The van der Waals surface area contributed by atoms with Crippen molar-refractivity contribution in [1.29, 1.82) is 0 Å². The minimum atomic E-state index is 0.0740. The summed E-state index contributed by atoms with van der Waals surface area (Å²) in [7, 11) is 0. The number of fused-ring (bicyclic) bond motifs is 1. The largest absolute Gasteiger partial charge is 0.335 e. The van der Waals surface area contributed by atoms with Gasteiger partial charge in [-0.2, -0.15) is 5.53 Å². The minimum absolute atomic E-state index is 0.0740. The highest BCUT2D eigenvalue weighted by Gasteiger charge is 2.35. The van der Waals surface area contributed by atoms with Gasteiger partial charge in [-0.15, -0.1) is 0 Å². The zero-order valence-electron chi connectivity index (χ0n) is 15.3. The molecule has 0 bridgehead atoms. The van der Waals surface area contributed by atoms with Crippen LogP contribution in [0, 0.1) is 0 Å². The number of urea groups is 1. The van der Waals surface area contributed by atoms with Crippen LogP contribution in [0.1, 0.15) is 57.1 Å². The summed E-state index contributed by atoms with van der Waals surface area (Å²) in [6, 6.07) is 7.40. The molecule has 26 heavy (non-hydrogen) atoms. The van der Waals surface area contributed by atoms with E-state index >= 15 is 0 Å². The second-order valence-corrected chi connectivity index (χ2v) is 7.83. The minimum Gasteiger partial charge on any atom is -0.335 e. The molecule has 142 valence electrons. The molecule has 3 fully saturated rings. The molecule has 3 atom stereocenters. The number of hydrazine groups is 2. The molecule has 4 N–H and O–H groups in total. The summed E-state index contributed by atoms with van der Waals surface area (Å²) in [5.41, 5.74) is 10.5. The van der Waals surface area contributed by atoms with Crippen LogP contribution < -0.4 is 21.7 Å². The normalized spacial score (nSPS) is 29.2. The first-order valence-corrected chi connectivity index (χ1v) is 10.0. The summed E-state index contributed by atoms with van der Waals surface area (Å²) in [5.74, 6) is 0. The second kappa shape index (κ2) is 8.33. The Bertz CT molecular complexity index is 591. The predicted molar refractivity (Wildman–Crippen MR) is 99.8 cm³/mol. The summed E-state index contributed by atoms with van der Waals surface area (Å²) in [4.78, 5) is 19.6. The Kier molecular flexibility index (Phi) is 5.67. The van der Waals surface area contributed by atoms with Gasteiger partial charge in [0, 0.05) is 30.4 Å². The van der Waals surface area contributed by atoms with E-state index in [-0.39, 0.29) is 12.1 Å². The van der Waals surface area contributed by atoms with Crippen LogP contribution in [0.4, 0.5) is 4.79 Å². The summed E-state index contributed by atoms with van der Waals surface area (Å²) in [6.07, 6.45) is 10.8. The van der Waals surface area contributed by atoms with Crippen molar-refractivity contribution >= 4 is 6.03 Å². The lowest BCUT2D eigenvalue weighted by Gasteiger charge is -2.37. The van der Waals surface area contributed by atoms with Crippen molar-refractivity contribution < 1.29 is 4.79 Å². The number of amides is 2. The molecule has 1 aliphatic heterocycles. The number of hydrogen-bond acceptors (Lipinski definition) is 5. The summed E-state index contributed by atoms with van der Waals surface area (Å²) in [6.45, 7) is 0.595. The van der Waals surface area contributed by atoms with E-state index in [4.69, 9.17) is 0 Å². The molecule has 0 radical (unpaired) electrons. The number of aromatic nitrogens is 1. The first kappa shape index (κ1) is 17.7. The van der Waals surface area contributed by atoms with E-state index in [9.17, 15) is 4.79 Å². The molecule has 1 aromatic heterocycles. The van der Waals surface area contributed by atoms with Crippen LogP contribution in [0.15, 0.2) is 24.4 Å². The Labute approximate surface area is 155 Å². The van der Waals surface area contributed by atoms with Crippen molar-refractivity contribution in [3.63, 3.8) is 0 Å². The maximum absolute atomic E-state index is 13.1. The molecule has 7 nitrogen and oxygen atoms in total. The Hall–Kier alpha value is -1.70. The molecular weight excluding hydrogens is 328 g/mol. The van der Waals surface area contributed by atoms with E-state index in [1.165, 1.54) is 19.3 Å². The molecule has 2 amide bonds. The first-order chi connectivity index (χ1) is 12.8. The van der Waals surface area contributed by atoms with E-state index in [2.05, 4.69) is 26.7 Å². The van der Waals surface area contributed by atoms with E-state index in [1.54, 1.807) is 6.20 Å². The zero-order valence-corrected chi connectivity index (χ0v) is 15.3. The molecule has 3 aliphatic rings. The van der Waals surface area contributed by atoms with Crippen molar-refractivity contribution in [2.45, 2.75) is 82.1 Å². The van der Waals surface area contributed by atoms with Gasteiger partial charge in [-0.1, -0.05) is 25.3 Å². The maximum atomic E-state index is 13.1. The fraction of sp³-hybridized carbons (Fsp3) is 0.684. The Morgan fingerprint density at radius 1 is 1.12 bits per heavy atom. The number of carbonyl (C=O) groups excluding carboxylic acids is 1. The van der Waals surface area contributed by atoms with Crippen molar-refractivity contribution in [3.8, 4) is 0 Å². The quantitative estimate of drug-likeness (QED) is 0.660. The molecule has 3 unspecified atom stereocenters. The van der Waals surface area contributed by atoms with Gasteiger partial charge in [-0.3, -0.25) is 4.98 Å². The molecule has 1 saturated heterocycles. The molecule has 2 saturated carbocycles. The average molecular weight is 358 g/mol. The lowest BCUT2D eigenvalue weighted by atomic mass is 9.88. The van der Waals surface area contributed by atoms with Gasteiger partial charge in [0.15, 0.2) is 0 Å². The number of pyridine rings is 1. The van der Waals surface area contributed by atoms with E-state index < -0.39 is 0 Å². The van der Waals surface area contributed by atoms with Crippen LogP contribution in [0.3, 0.4) is 0 Å². The highest BCUT2D eigenvalue weighted by Crippen LogP contribution is 2.25. The van der Waals surface area contributed by atoms with Crippen molar-refractivity contribution in [3.05, 3.63) is 30.1 Å². The lowest BCUT2D eigenvalue weighted by Crippen LogP contribution is -2.53. The van der Waals surface area contributed by atoms with E-state index in [0.717, 1.165) is 37.8 Å². The monoisotopic (exact) mass is 358 g/mol. The highest BCUT2D eigenvalue weighted by molar-refractivity contribution is 5.75. The molecule has 7 heteroatoms. The van der Waals surface area contributed by atoms with Gasteiger partial charge < -0.3 is 10.2 Å². The Morgan fingerprint density at radius 3 is 2.77 bits per heavy atom. The third-order valence-corrected chi connectivity index (χ3v) is 6.03. The molecule has 0 spiro atoms. The van der Waals surface area contributed by atoms with Crippen molar-refractivity contribution in [2.75, 3.05) is 0 Å². The van der Waals surface area contributed by atoms with Gasteiger partial charge >= 0.3 is 6.03 Å². The number of rotatable bonds is 4. The predicted octanol–water partition coefficient (Wildman–Crippen LogP) is 1.83. The Morgan fingerprint density at radius 2 is 1.96 bits per heavy atom. The van der Waals surface area contributed by atoms with Crippen LogP contribution >= 0.6 is 0 Å².